The van der Waals surface area contributed by atoms with Crippen molar-refractivity contribution in [3.8, 4) is 11.8 Å². The van der Waals surface area contributed by atoms with Crippen LogP contribution in [0.5, 0.6) is 5.75 Å². The predicted molar refractivity (Wildman–Crippen MR) is 84.4 cm³/mol. The lowest BCUT2D eigenvalue weighted by Crippen LogP contribution is -2.36. The van der Waals surface area contributed by atoms with Crippen LogP contribution in [0.1, 0.15) is 37.8 Å². The summed E-state index contributed by atoms with van der Waals surface area (Å²) in [6.45, 7) is 6.87. The molecule has 21 heavy (non-hydrogen) atoms. The van der Waals surface area contributed by atoms with E-state index in [1.54, 1.807) is 14.2 Å². The van der Waals surface area contributed by atoms with Crippen molar-refractivity contribution in [3.05, 3.63) is 29.3 Å². The molecule has 0 heterocycles. The van der Waals surface area contributed by atoms with Gasteiger partial charge in [-0.3, -0.25) is 4.90 Å². The summed E-state index contributed by atoms with van der Waals surface area (Å²) in [6.07, 6.45) is 2.23. The van der Waals surface area contributed by atoms with Gasteiger partial charge in [0.15, 0.2) is 0 Å². The van der Waals surface area contributed by atoms with Gasteiger partial charge in [0.2, 0.25) is 0 Å². The summed E-state index contributed by atoms with van der Waals surface area (Å²) in [4.78, 5) is 2.42. The van der Waals surface area contributed by atoms with Crippen LogP contribution in [0.2, 0.25) is 0 Å². The number of nitrogens with zero attached hydrogens (tertiary/aromatic N) is 2. The van der Waals surface area contributed by atoms with Crippen LogP contribution in [0.4, 0.5) is 0 Å². The van der Waals surface area contributed by atoms with Crippen LogP contribution in [-0.2, 0) is 11.3 Å². The molecule has 0 fully saturated rings. The molecule has 0 saturated heterocycles. The van der Waals surface area contributed by atoms with Crippen LogP contribution in [0, 0.1) is 11.3 Å². The number of rotatable bonds is 9. The fraction of sp³-hybridized carbons (Fsp3) is 0.588. The number of hydrogen-bond acceptors (Lipinski definition) is 4. The van der Waals surface area contributed by atoms with Crippen LogP contribution in [0.15, 0.2) is 18.2 Å². The minimum Gasteiger partial charge on any atom is -0.495 e. The third-order valence-electron chi connectivity index (χ3n) is 3.81. The molecule has 0 radical (unpaired) electrons. The van der Waals surface area contributed by atoms with E-state index in [1.165, 1.54) is 0 Å². The smallest absolute Gasteiger partial charge is 0.136 e. The third kappa shape index (κ3) is 5.04. The average molecular weight is 290 g/mol. The fourth-order valence-electron chi connectivity index (χ4n) is 2.58. The summed E-state index contributed by atoms with van der Waals surface area (Å²) in [5.41, 5.74) is 1.72. The number of nitriles is 1. The Morgan fingerprint density at radius 1 is 1.24 bits per heavy atom. The van der Waals surface area contributed by atoms with Crippen molar-refractivity contribution in [2.45, 2.75) is 39.3 Å². The maximum atomic E-state index is 9.19. The van der Waals surface area contributed by atoms with Gasteiger partial charge in [-0.25, -0.2) is 0 Å². The van der Waals surface area contributed by atoms with Crippen molar-refractivity contribution in [2.24, 2.45) is 0 Å². The quantitative estimate of drug-likeness (QED) is 0.700. The Kier molecular flexibility index (Phi) is 7.81. The number of hydrogen-bond donors (Lipinski definition) is 0. The van der Waals surface area contributed by atoms with E-state index in [9.17, 15) is 5.26 Å². The Morgan fingerprint density at radius 2 is 1.95 bits per heavy atom. The zero-order valence-corrected chi connectivity index (χ0v) is 13.6. The minimum absolute atomic E-state index is 0.535. The van der Waals surface area contributed by atoms with Crippen LogP contribution >= 0.6 is 0 Å². The van der Waals surface area contributed by atoms with Gasteiger partial charge in [0.1, 0.15) is 11.8 Å². The Morgan fingerprint density at radius 3 is 2.48 bits per heavy atom. The minimum atomic E-state index is 0.535. The van der Waals surface area contributed by atoms with Crippen molar-refractivity contribution in [3.63, 3.8) is 0 Å². The van der Waals surface area contributed by atoms with Gasteiger partial charge in [-0.15, -0.1) is 0 Å². The highest BCUT2D eigenvalue weighted by molar-refractivity contribution is 5.45. The fourth-order valence-corrected chi connectivity index (χ4v) is 2.58. The lowest BCUT2D eigenvalue weighted by atomic mass is 10.1. The normalized spacial score (nSPS) is 10.9. The van der Waals surface area contributed by atoms with Crippen LogP contribution in [0.3, 0.4) is 0 Å². The lowest BCUT2D eigenvalue weighted by molar-refractivity contribution is 0.110. The summed E-state index contributed by atoms with van der Waals surface area (Å²) < 4.78 is 10.4. The summed E-state index contributed by atoms with van der Waals surface area (Å²) in [5.74, 6) is 0.632. The standard InChI is InChI=1S/C17H26N2O2/c1-5-16(6-2)19(9-10-20-3)13-14-7-8-17(21-4)15(11-14)12-18/h7-8,11,16H,5-6,9-10,13H2,1-4H3. The molecular formula is C17H26N2O2. The van der Waals surface area contributed by atoms with E-state index in [1.807, 2.05) is 18.2 Å². The molecule has 0 amide bonds. The topological polar surface area (TPSA) is 45.5 Å². The van der Waals surface area contributed by atoms with E-state index in [4.69, 9.17) is 9.47 Å². The molecule has 0 N–H and O–H groups in total. The van der Waals surface area contributed by atoms with Gasteiger partial charge in [0.25, 0.3) is 0 Å². The maximum absolute atomic E-state index is 9.19. The summed E-state index contributed by atoms with van der Waals surface area (Å²) in [6, 6.07) is 8.54. The second-order valence-corrected chi connectivity index (χ2v) is 5.08. The first-order valence-corrected chi connectivity index (χ1v) is 7.50. The second-order valence-electron chi connectivity index (χ2n) is 5.08. The molecule has 0 aromatic heterocycles. The van der Waals surface area contributed by atoms with E-state index in [-0.39, 0.29) is 0 Å². The van der Waals surface area contributed by atoms with E-state index in [0.717, 1.165) is 38.1 Å². The Hall–Kier alpha value is -1.57. The van der Waals surface area contributed by atoms with Crippen LogP contribution in [0.25, 0.3) is 0 Å². The van der Waals surface area contributed by atoms with Crippen LogP contribution < -0.4 is 4.74 Å². The molecule has 0 saturated carbocycles. The first-order chi connectivity index (χ1) is 10.2. The van der Waals surface area contributed by atoms with Gasteiger partial charge < -0.3 is 9.47 Å². The van der Waals surface area contributed by atoms with Crippen molar-refractivity contribution >= 4 is 0 Å². The molecule has 1 aromatic carbocycles. The van der Waals surface area contributed by atoms with Gasteiger partial charge in [0.05, 0.1) is 19.3 Å². The highest BCUT2D eigenvalue weighted by Crippen LogP contribution is 2.21. The second kappa shape index (κ2) is 9.38. The van der Waals surface area contributed by atoms with E-state index >= 15 is 0 Å². The molecule has 4 heteroatoms. The van der Waals surface area contributed by atoms with E-state index in [0.29, 0.717) is 17.4 Å². The van der Waals surface area contributed by atoms with Gasteiger partial charge in [-0.1, -0.05) is 19.9 Å². The molecule has 0 aliphatic heterocycles. The summed E-state index contributed by atoms with van der Waals surface area (Å²) >= 11 is 0. The highest BCUT2D eigenvalue weighted by Gasteiger charge is 2.16. The first-order valence-electron chi connectivity index (χ1n) is 7.50. The lowest BCUT2D eigenvalue weighted by Gasteiger charge is -2.30. The first kappa shape index (κ1) is 17.5. The number of ether oxygens (including phenoxy) is 2. The van der Waals surface area contributed by atoms with Crippen molar-refractivity contribution in [1.82, 2.24) is 4.90 Å². The van der Waals surface area contributed by atoms with Gasteiger partial charge in [-0.05, 0) is 30.5 Å². The van der Waals surface area contributed by atoms with Crippen molar-refractivity contribution in [1.29, 1.82) is 5.26 Å². The molecule has 0 aliphatic carbocycles. The molecule has 4 nitrogen and oxygen atoms in total. The molecule has 0 spiro atoms. The van der Waals surface area contributed by atoms with E-state index < -0.39 is 0 Å². The monoisotopic (exact) mass is 290 g/mol. The average Bonchev–Trinajstić information content (AvgIpc) is 2.53. The maximum Gasteiger partial charge on any atom is 0.136 e. The number of methoxy groups -OCH3 is 2. The molecule has 1 rings (SSSR count). The molecule has 0 aliphatic rings. The van der Waals surface area contributed by atoms with Crippen molar-refractivity contribution in [2.75, 3.05) is 27.4 Å². The molecule has 1 aromatic rings. The largest absolute Gasteiger partial charge is 0.495 e. The van der Waals surface area contributed by atoms with Crippen LogP contribution in [-0.4, -0.2) is 38.3 Å². The molecule has 0 atom stereocenters. The Bertz CT molecular complexity index is 464. The van der Waals surface area contributed by atoms with E-state index in [2.05, 4.69) is 24.8 Å². The third-order valence-corrected chi connectivity index (χ3v) is 3.81. The van der Waals surface area contributed by atoms with Gasteiger partial charge in [-0.2, -0.15) is 5.26 Å². The summed E-state index contributed by atoms with van der Waals surface area (Å²) in [7, 11) is 3.32. The van der Waals surface area contributed by atoms with Gasteiger partial charge in [0, 0.05) is 26.2 Å². The van der Waals surface area contributed by atoms with Gasteiger partial charge >= 0.3 is 0 Å². The number of benzene rings is 1. The SMILES string of the molecule is CCC(CC)N(CCOC)Cc1ccc(OC)c(C#N)c1. The molecule has 0 bridgehead atoms. The predicted octanol–water partition coefficient (Wildman–Crippen LogP) is 3.20. The zero-order valence-electron chi connectivity index (χ0n) is 13.6. The Labute approximate surface area is 128 Å². The summed E-state index contributed by atoms with van der Waals surface area (Å²) in [5, 5.41) is 9.19. The van der Waals surface area contributed by atoms with Crippen molar-refractivity contribution < 1.29 is 9.47 Å². The molecule has 0 unspecified atom stereocenters. The molecule has 116 valence electrons. The highest BCUT2D eigenvalue weighted by atomic mass is 16.5. The molecular weight excluding hydrogens is 264 g/mol. The Balaban J connectivity index is 2.89. The zero-order chi connectivity index (χ0) is 15.7.